The number of carbonyl (C=O) groups excluding carboxylic acids is 3. The summed E-state index contributed by atoms with van der Waals surface area (Å²) in [4.78, 5) is 39.1. The van der Waals surface area contributed by atoms with Gasteiger partial charge in [0, 0.05) is 12.7 Å². The minimum absolute atomic E-state index is 0.203. The highest BCUT2D eigenvalue weighted by Gasteiger charge is 2.23. The Labute approximate surface area is 157 Å². The summed E-state index contributed by atoms with van der Waals surface area (Å²) in [6, 6.07) is 0.306. The number of methoxy groups -OCH3 is 1. The minimum Gasteiger partial charge on any atom is -0.467 e. The van der Waals surface area contributed by atoms with Gasteiger partial charge >= 0.3 is 12.1 Å². The molecule has 0 aromatic carbocycles. The van der Waals surface area contributed by atoms with E-state index in [1.165, 1.54) is 19.4 Å². The van der Waals surface area contributed by atoms with Gasteiger partial charge in [0.2, 0.25) is 0 Å². The first-order valence-electron chi connectivity index (χ1n) is 8.59. The van der Waals surface area contributed by atoms with Gasteiger partial charge in [-0.2, -0.15) is 0 Å². The fraction of sp³-hybridized carbons (Fsp3) is 0.556. The van der Waals surface area contributed by atoms with Gasteiger partial charge in [-0.05, 0) is 46.1 Å². The van der Waals surface area contributed by atoms with Crippen molar-refractivity contribution >= 4 is 18.0 Å². The predicted octanol–water partition coefficient (Wildman–Crippen LogP) is 2.19. The number of ether oxygens (including phenoxy) is 2. The molecule has 0 bridgehead atoms. The average molecular weight is 383 g/mol. The number of rotatable bonds is 8. The third kappa shape index (κ3) is 8.48. The van der Waals surface area contributed by atoms with Crippen LogP contribution in [0.15, 0.2) is 18.5 Å². The SMILES string of the molecule is COC(=O)[C@H](CCCCNC(=O)OC(C)(C)C)NC(=O)c1ccncc1F. The van der Waals surface area contributed by atoms with Crippen LogP contribution >= 0.6 is 0 Å². The molecular weight excluding hydrogens is 357 g/mol. The molecule has 8 nitrogen and oxygen atoms in total. The van der Waals surface area contributed by atoms with Gasteiger partial charge in [0.05, 0.1) is 18.9 Å². The maximum Gasteiger partial charge on any atom is 0.407 e. The Bertz CT molecular complexity index is 661. The van der Waals surface area contributed by atoms with Crippen LogP contribution in [0.3, 0.4) is 0 Å². The van der Waals surface area contributed by atoms with Gasteiger partial charge in [-0.1, -0.05) is 0 Å². The lowest BCUT2D eigenvalue weighted by molar-refractivity contribution is -0.143. The summed E-state index contributed by atoms with van der Waals surface area (Å²) in [6.07, 6.45) is 3.05. The summed E-state index contributed by atoms with van der Waals surface area (Å²) < 4.78 is 23.4. The molecule has 1 aromatic rings. The average Bonchev–Trinajstić information content (AvgIpc) is 2.58. The number of nitrogens with one attached hydrogen (secondary N) is 2. The van der Waals surface area contributed by atoms with Crippen LogP contribution in [0.25, 0.3) is 0 Å². The summed E-state index contributed by atoms with van der Waals surface area (Å²) in [6.45, 7) is 5.65. The Morgan fingerprint density at radius 2 is 1.96 bits per heavy atom. The third-order valence-corrected chi connectivity index (χ3v) is 3.40. The van der Waals surface area contributed by atoms with Crippen LogP contribution in [-0.4, -0.2) is 48.3 Å². The smallest absolute Gasteiger partial charge is 0.407 e. The van der Waals surface area contributed by atoms with E-state index in [4.69, 9.17) is 4.74 Å². The van der Waals surface area contributed by atoms with E-state index in [1.54, 1.807) is 20.8 Å². The van der Waals surface area contributed by atoms with Crippen molar-refractivity contribution in [1.82, 2.24) is 15.6 Å². The summed E-state index contributed by atoms with van der Waals surface area (Å²) in [5.41, 5.74) is -0.780. The molecule has 150 valence electrons. The van der Waals surface area contributed by atoms with Crippen LogP contribution in [0, 0.1) is 5.82 Å². The van der Waals surface area contributed by atoms with E-state index in [-0.39, 0.29) is 12.0 Å². The van der Waals surface area contributed by atoms with Crippen LogP contribution in [0.5, 0.6) is 0 Å². The van der Waals surface area contributed by atoms with Gasteiger partial charge in [-0.25, -0.2) is 14.0 Å². The second kappa shape index (κ2) is 10.4. The summed E-state index contributed by atoms with van der Waals surface area (Å²) >= 11 is 0. The number of aromatic nitrogens is 1. The standard InChI is InChI=1S/C18H26FN3O5/c1-18(2,3)27-17(25)21-9-6-5-7-14(16(24)26-4)22-15(23)12-8-10-20-11-13(12)19/h8,10-11,14H,5-7,9H2,1-4H3,(H,21,25)(H,22,23)/t14-/m0/s1. The van der Waals surface area contributed by atoms with Crippen molar-refractivity contribution in [2.45, 2.75) is 51.7 Å². The highest BCUT2D eigenvalue weighted by Crippen LogP contribution is 2.09. The first-order chi connectivity index (χ1) is 12.6. The zero-order chi connectivity index (χ0) is 20.4. The van der Waals surface area contributed by atoms with Crippen LogP contribution in [0.2, 0.25) is 0 Å². The van der Waals surface area contributed by atoms with E-state index in [1.807, 2.05) is 0 Å². The lowest BCUT2D eigenvalue weighted by atomic mass is 10.1. The zero-order valence-electron chi connectivity index (χ0n) is 16.0. The Hall–Kier alpha value is -2.71. The van der Waals surface area contributed by atoms with Crippen molar-refractivity contribution in [1.29, 1.82) is 0 Å². The number of unbranched alkanes of at least 4 members (excludes halogenated alkanes) is 1. The lowest BCUT2D eigenvalue weighted by Gasteiger charge is -2.20. The molecule has 0 aliphatic rings. The first kappa shape index (κ1) is 22.3. The van der Waals surface area contributed by atoms with Crippen LogP contribution < -0.4 is 10.6 Å². The lowest BCUT2D eigenvalue weighted by Crippen LogP contribution is -2.42. The van der Waals surface area contributed by atoms with Crippen molar-refractivity contribution in [2.24, 2.45) is 0 Å². The molecule has 0 aliphatic carbocycles. The highest BCUT2D eigenvalue weighted by atomic mass is 19.1. The van der Waals surface area contributed by atoms with Crippen LogP contribution in [0.4, 0.5) is 9.18 Å². The maximum absolute atomic E-state index is 13.6. The predicted molar refractivity (Wildman–Crippen MR) is 95.6 cm³/mol. The van der Waals surface area contributed by atoms with E-state index in [0.717, 1.165) is 6.20 Å². The minimum atomic E-state index is -0.920. The van der Waals surface area contributed by atoms with Crippen LogP contribution in [-0.2, 0) is 14.3 Å². The second-order valence-corrected chi connectivity index (χ2v) is 6.83. The molecule has 1 atom stereocenters. The number of pyridine rings is 1. The normalized spacial score (nSPS) is 12.0. The molecule has 1 aromatic heterocycles. The van der Waals surface area contributed by atoms with E-state index in [0.29, 0.717) is 19.4 Å². The van der Waals surface area contributed by atoms with Gasteiger partial charge in [0.25, 0.3) is 5.91 Å². The molecule has 1 rings (SSSR count). The molecule has 0 radical (unpaired) electrons. The van der Waals surface area contributed by atoms with Gasteiger partial charge in [-0.3, -0.25) is 9.78 Å². The van der Waals surface area contributed by atoms with Crippen molar-refractivity contribution in [3.8, 4) is 0 Å². The third-order valence-electron chi connectivity index (χ3n) is 3.40. The Morgan fingerprint density at radius 1 is 1.26 bits per heavy atom. The highest BCUT2D eigenvalue weighted by molar-refractivity contribution is 5.96. The molecule has 1 heterocycles. The molecular formula is C18H26FN3O5. The largest absolute Gasteiger partial charge is 0.467 e. The number of esters is 1. The topological polar surface area (TPSA) is 107 Å². The Kier molecular flexibility index (Phi) is 8.64. The zero-order valence-corrected chi connectivity index (χ0v) is 16.0. The number of halogens is 1. The van der Waals surface area contributed by atoms with E-state index in [9.17, 15) is 18.8 Å². The van der Waals surface area contributed by atoms with E-state index >= 15 is 0 Å². The van der Waals surface area contributed by atoms with Crippen molar-refractivity contribution < 1.29 is 28.2 Å². The number of hydrogen-bond acceptors (Lipinski definition) is 6. The molecule has 9 heteroatoms. The van der Waals surface area contributed by atoms with E-state index in [2.05, 4.69) is 20.4 Å². The Balaban J connectivity index is 2.47. The summed E-state index contributed by atoms with van der Waals surface area (Å²) in [7, 11) is 1.21. The van der Waals surface area contributed by atoms with E-state index < -0.39 is 35.4 Å². The van der Waals surface area contributed by atoms with Gasteiger partial charge in [0.15, 0.2) is 5.82 Å². The second-order valence-electron chi connectivity index (χ2n) is 6.83. The number of carbonyl (C=O) groups is 3. The fourth-order valence-electron chi connectivity index (χ4n) is 2.16. The number of hydrogen-bond donors (Lipinski definition) is 2. The van der Waals surface area contributed by atoms with Crippen LogP contribution in [0.1, 0.15) is 50.4 Å². The molecule has 0 aliphatic heterocycles. The molecule has 0 saturated heterocycles. The van der Waals surface area contributed by atoms with Crippen molar-refractivity contribution in [2.75, 3.05) is 13.7 Å². The van der Waals surface area contributed by atoms with Gasteiger partial charge in [-0.15, -0.1) is 0 Å². The Morgan fingerprint density at radius 3 is 2.56 bits per heavy atom. The molecule has 2 N–H and O–H groups in total. The summed E-state index contributed by atoms with van der Waals surface area (Å²) in [5.74, 6) is -2.13. The fourth-order valence-corrected chi connectivity index (χ4v) is 2.16. The monoisotopic (exact) mass is 383 g/mol. The number of alkyl carbamates (subject to hydrolysis) is 1. The van der Waals surface area contributed by atoms with Crippen molar-refractivity contribution in [3.05, 3.63) is 29.8 Å². The quantitative estimate of drug-likeness (QED) is 0.526. The molecule has 27 heavy (non-hydrogen) atoms. The molecule has 0 fully saturated rings. The molecule has 0 saturated carbocycles. The molecule has 0 unspecified atom stereocenters. The van der Waals surface area contributed by atoms with Gasteiger partial charge in [0.1, 0.15) is 11.6 Å². The molecule has 2 amide bonds. The summed E-state index contributed by atoms with van der Waals surface area (Å²) in [5, 5.41) is 5.07. The first-order valence-corrected chi connectivity index (χ1v) is 8.59. The maximum atomic E-state index is 13.6. The van der Waals surface area contributed by atoms with Crippen molar-refractivity contribution in [3.63, 3.8) is 0 Å². The number of amides is 2. The number of nitrogens with zero attached hydrogens (tertiary/aromatic N) is 1. The molecule has 0 spiro atoms. The van der Waals surface area contributed by atoms with Gasteiger partial charge < -0.3 is 20.1 Å².